The number of benzene rings is 1. The van der Waals surface area contributed by atoms with E-state index >= 15 is 0 Å². The van der Waals surface area contributed by atoms with E-state index in [2.05, 4.69) is 25.9 Å². The minimum atomic E-state index is -0.155. The number of nitrogens with zero attached hydrogens (tertiary/aromatic N) is 4. The molecule has 0 unspecified atom stereocenters. The zero-order valence-electron chi connectivity index (χ0n) is 17.1. The molecule has 0 spiro atoms. The second-order valence-electron chi connectivity index (χ2n) is 7.37. The number of nitrogens with one attached hydrogen (secondary N) is 1. The topological polar surface area (TPSA) is 83.6 Å². The van der Waals surface area contributed by atoms with Crippen molar-refractivity contribution < 1.29 is 4.79 Å². The Labute approximate surface area is 180 Å². The summed E-state index contributed by atoms with van der Waals surface area (Å²) in [5, 5.41) is 13.7. The molecule has 4 rings (SSSR count). The standard InChI is InChI=1S/C23H23N5OS/c1-15-12-22(26-16(2)25-15)30-14-21(29)27-23-19(13-24)18-10-6-7-11-20(18)28(23)17-8-4-3-5-9-17/h3-5,8-9,12H,6-7,10-11,14H2,1-2H3,(H,27,29). The van der Waals surface area contributed by atoms with Crippen LogP contribution in [0, 0.1) is 25.2 Å². The normalized spacial score (nSPS) is 12.8. The molecule has 0 radical (unpaired) electrons. The van der Waals surface area contributed by atoms with Gasteiger partial charge in [0.2, 0.25) is 5.91 Å². The van der Waals surface area contributed by atoms with Gasteiger partial charge in [0.05, 0.1) is 11.3 Å². The maximum Gasteiger partial charge on any atom is 0.235 e. The second kappa shape index (κ2) is 8.72. The van der Waals surface area contributed by atoms with Crippen molar-refractivity contribution in [2.24, 2.45) is 0 Å². The molecule has 30 heavy (non-hydrogen) atoms. The Morgan fingerprint density at radius 1 is 1.20 bits per heavy atom. The lowest BCUT2D eigenvalue weighted by Crippen LogP contribution is -2.18. The first-order chi connectivity index (χ1) is 14.6. The monoisotopic (exact) mass is 417 g/mol. The molecule has 6 nitrogen and oxygen atoms in total. The minimum absolute atomic E-state index is 0.155. The van der Waals surface area contributed by atoms with Crippen LogP contribution in [0.15, 0.2) is 41.4 Å². The molecule has 2 heterocycles. The van der Waals surface area contributed by atoms with E-state index in [0.29, 0.717) is 17.2 Å². The number of hydrogen-bond donors (Lipinski definition) is 1. The molecule has 0 saturated carbocycles. The van der Waals surface area contributed by atoms with Crippen molar-refractivity contribution in [3.63, 3.8) is 0 Å². The fourth-order valence-corrected chi connectivity index (χ4v) is 4.76. The van der Waals surface area contributed by atoms with Crippen LogP contribution < -0.4 is 5.32 Å². The number of fused-ring (bicyclic) bond motifs is 1. The van der Waals surface area contributed by atoms with Crippen LogP contribution in [0.5, 0.6) is 0 Å². The summed E-state index contributed by atoms with van der Waals surface area (Å²) in [7, 11) is 0. The third kappa shape index (κ3) is 4.10. The molecular formula is C23H23N5OS. The first-order valence-electron chi connectivity index (χ1n) is 10.0. The lowest BCUT2D eigenvalue weighted by atomic mass is 9.95. The van der Waals surface area contributed by atoms with E-state index in [0.717, 1.165) is 53.3 Å². The van der Waals surface area contributed by atoms with Crippen molar-refractivity contribution in [2.75, 3.05) is 11.1 Å². The highest BCUT2D eigenvalue weighted by atomic mass is 32.2. The summed E-state index contributed by atoms with van der Waals surface area (Å²) >= 11 is 1.37. The first kappa shape index (κ1) is 20.2. The quantitative estimate of drug-likeness (QED) is 0.492. The van der Waals surface area contributed by atoms with Gasteiger partial charge in [-0.1, -0.05) is 30.0 Å². The maximum atomic E-state index is 12.8. The molecule has 0 fully saturated rings. The van der Waals surface area contributed by atoms with Crippen molar-refractivity contribution in [3.8, 4) is 11.8 Å². The van der Waals surface area contributed by atoms with E-state index in [-0.39, 0.29) is 11.7 Å². The molecule has 1 aliphatic carbocycles. The highest BCUT2D eigenvalue weighted by Gasteiger charge is 2.26. The molecule has 152 valence electrons. The Morgan fingerprint density at radius 3 is 2.70 bits per heavy atom. The van der Waals surface area contributed by atoms with Gasteiger partial charge in [0.25, 0.3) is 0 Å². The molecule has 1 aromatic carbocycles. The number of anilines is 1. The van der Waals surface area contributed by atoms with Gasteiger partial charge in [-0.2, -0.15) is 5.26 Å². The molecule has 0 saturated heterocycles. The second-order valence-corrected chi connectivity index (χ2v) is 8.37. The van der Waals surface area contributed by atoms with Crippen molar-refractivity contribution in [1.29, 1.82) is 5.26 Å². The van der Waals surface area contributed by atoms with E-state index in [1.807, 2.05) is 50.2 Å². The van der Waals surface area contributed by atoms with Crippen LogP contribution in [0.4, 0.5) is 5.82 Å². The highest BCUT2D eigenvalue weighted by molar-refractivity contribution is 7.99. The van der Waals surface area contributed by atoms with Crippen LogP contribution in [-0.2, 0) is 17.6 Å². The molecule has 1 amide bonds. The zero-order valence-corrected chi connectivity index (χ0v) is 17.9. The van der Waals surface area contributed by atoms with Crippen molar-refractivity contribution >= 4 is 23.5 Å². The Balaban J connectivity index is 1.64. The zero-order chi connectivity index (χ0) is 21.1. The predicted molar refractivity (Wildman–Crippen MR) is 118 cm³/mol. The van der Waals surface area contributed by atoms with Gasteiger partial charge in [0.15, 0.2) is 0 Å². The van der Waals surface area contributed by atoms with Gasteiger partial charge in [-0.3, -0.25) is 9.36 Å². The molecule has 1 aliphatic rings. The largest absolute Gasteiger partial charge is 0.310 e. The van der Waals surface area contributed by atoms with E-state index in [9.17, 15) is 10.1 Å². The number of rotatable bonds is 5. The van der Waals surface area contributed by atoms with Crippen LogP contribution in [0.1, 0.15) is 41.2 Å². The van der Waals surface area contributed by atoms with Crippen LogP contribution >= 0.6 is 11.8 Å². The number of nitriles is 1. The molecule has 0 atom stereocenters. The molecule has 7 heteroatoms. The number of aryl methyl sites for hydroxylation is 2. The van der Waals surface area contributed by atoms with E-state index in [4.69, 9.17) is 0 Å². The Kier molecular flexibility index (Phi) is 5.86. The SMILES string of the molecule is Cc1cc(SCC(=O)Nc2c(C#N)c3c(n2-c2ccccc2)CCCC3)nc(C)n1. The number of amides is 1. The summed E-state index contributed by atoms with van der Waals surface area (Å²) in [6.07, 6.45) is 3.93. The van der Waals surface area contributed by atoms with Crippen LogP contribution in [0.3, 0.4) is 0 Å². The third-order valence-corrected chi connectivity index (χ3v) is 6.06. The summed E-state index contributed by atoms with van der Waals surface area (Å²) < 4.78 is 2.05. The lowest BCUT2D eigenvalue weighted by Gasteiger charge is -2.17. The highest BCUT2D eigenvalue weighted by Crippen LogP contribution is 2.35. The molecule has 0 aliphatic heterocycles. The van der Waals surface area contributed by atoms with Crippen LogP contribution in [0.2, 0.25) is 0 Å². The average Bonchev–Trinajstić information content (AvgIpc) is 3.05. The van der Waals surface area contributed by atoms with E-state index < -0.39 is 0 Å². The maximum absolute atomic E-state index is 12.8. The number of carbonyl (C=O) groups excluding carboxylic acids is 1. The van der Waals surface area contributed by atoms with Gasteiger partial charge in [0, 0.05) is 17.1 Å². The van der Waals surface area contributed by atoms with Gasteiger partial charge < -0.3 is 5.32 Å². The lowest BCUT2D eigenvalue weighted by molar-refractivity contribution is -0.113. The summed E-state index contributed by atoms with van der Waals surface area (Å²) in [6.45, 7) is 3.75. The van der Waals surface area contributed by atoms with E-state index in [1.54, 1.807) is 0 Å². The predicted octanol–water partition coefficient (Wildman–Crippen LogP) is 4.37. The minimum Gasteiger partial charge on any atom is -0.310 e. The number of hydrogen-bond acceptors (Lipinski definition) is 5. The molecule has 3 aromatic rings. The third-order valence-electron chi connectivity index (χ3n) is 5.15. The van der Waals surface area contributed by atoms with Gasteiger partial charge in [-0.15, -0.1) is 0 Å². The summed E-state index contributed by atoms with van der Waals surface area (Å²) in [6, 6.07) is 14.1. The average molecular weight is 418 g/mol. The van der Waals surface area contributed by atoms with Crippen LogP contribution in [-0.4, -0.2) is 26.2 Å². The van der Waals surface area contributed by atoms with Gasteiger partial charge >= 0.3 is 0 Å². The van der Waals surface area contributed by atoms with Crippen molar-refractivity contribution in [3.05, 3.63) is 64.7 Å². The van der Waals surface area contributed by atoms with Gasteiger partial charge in [0.1, 0.15) is 22.7 Å². The van der Waals surface area contributed by atoms with E-state index in [1.165, 1.54) is 11.8 Å². The molecular weight excluding hydrogens is 394 g/mol. The van der Waals surface area contributed by atoms with Crippen LogP contribution in [0.25, 0.3) is 5.69 Å². The fourth-order valence-electron chi connectivity index (χ4n) is 3.96. The number of para-hydroxylation sites is 1. The number of thioether (sulfide) groups is 1. The molecule has 1 N–H and O–H groups in total. The van der Waals surface area contributed by atoms with Crippen molar-refractivity contribution in [2.45, 2.75) is 44.6 Å². The smallest absolute Gasteiger partial charge is 0.235 e. The molecule has 0 bridgehead atoms. The fraction of sp³-hybridized carbons (Fsp3) is 0.304. The van der Waals surface area contributed by atoms with Gasteiger partial charge in [-0.25, -0.2) is 9.97 Å². The Morgan fingerprint density at radius 2 is 1.97 bits per heavy atom. The summed E-state index contributed by atoms with van der Waals surface area (Å²) in [4.78, 5) is 21.5. The number of carbonyl (C=O) groups is 1. The summed E-state index contributed by atoms with van der Waals surface area (Å²) in [5.74, 6) is 1.33. The Hall–Kier alpha value is -3.11. The van der Waals surface area contributed by atoms with Gasteiger partial charge in [-0.05, 0) is 63.3 Å². The van der Waals surface area contributed by atoms with Crippen molar-refractivity contribution in [1.82, 2.24) is 14.5 Å². The first-order valence-corrected chi connectivity index (χ1v) is 11.0. The Bertz CT molecular complexity index is 1110. The molecule has 2 aromatic heterocycles. The summed E-state index contributed by atoms with van der Waals surface area (Å²) in [5.41, 5.74) is 4.62. The number of aromatic nitrogens is 3.